The summed E-state index contributed by atoms with van der Waals surface area (Å²) in [5.41, 5.74) is 4.48. The molecule has 0 saturated carbocycles. The second kappa shape index (κ2) is 9.11. The van der Waals surface area contributed by atoms with Gasteiger partial charge in [0.2, 0.25) is 0 Å². The zero-order chi connectivity index (χ0) is 21.1. The van der Waals surface area contributed by atoms with Crippen molar-refractivity contribution in [3.63, 3.8) is 0 Å². The van der Waals surface area contributed by atoms with Gasteiger partial charge < -0.3 is 9.64 Å². The normalized spacial score (nSPS) is 19.9. The van der Waals surface area contributed by atoms with E-state index < -0.39 is 0 Å². The van der Waals surface area contributed by atoms with E-state index in [2.05, 4.69) is 23.6 Å². The molecule has 5 nitrogen and oxygen atoms in total. The molecule has 1 aliphatic carbocycles. The lowest BCUT2D eigenvalue weighted by molar-refractivity contribution is 0.0367. The van der Waals surface area contributed by atoms with Crippen molar-refractivity contribution in [1.82, 2.24) is 9.80 Å². The average molecular weight is 407 g/mol. The molecule has 1 aromatic rings. The molecule has 0 bridgehead atoms. The summed E-state index contributed by atoms with van der Waals surface area (Å²) in [7, 11) is 0. The van der Waals surface area contributed by atoms with Gasteiger partial charge in [-0.1, -0.05) is 38.1 Å². The zero-order valence-corrected chi connectivity index (χ0v) is 17.9. The smallest absolute Gasteiger partial charge is 0.198 e. The molecule has 0 N–H and O–H groups in total. The van der Waals surface area contributed by atoms with E-state index in [9.17, 15) is 9.59 Å². The zero-order valence-electron chi connectivity index (χ0n) is 17.9. The van der Waals surface area contributed by atoms with E-state index >= 15 is 0 Å². The number of nitrogens with zero attached hydrogens (tertiary/aromatic N) is 2. The number of hydrogen-bond donors (Lipinski definition) is 0. The number of hydrogen-bond acceptors (Lipinski definition) is 5. The van der Waals surface area contributed by atoms with Crippen LogP contribution in [0.25, 0.3) is 0 Å². The van der Waals surface area contributed by atoms with Gasteiger partial charge >= 0.3 is 0 Å². The van der Waals surface area contributed by atoms with Crippen LogP contribution >= 0.6 is 0 Å². The maximum atomic E-state index is 13.0. The molecule has 1 saturated heterocycles. The molecule has 5 heteroatoms. The van der Waals surface area contributed by atoms with Gasteiger partial charge in [-0.2, -0.15) is 0 Å². The molecular formula is C25H30N2O3. The lowest BCUT2D eigenvalue weighted by Crippen LogP contribution is -2.38. The Bertz CT molecular complexity index is 874. The number of carbonyl (C=O) groups excluding carboxylic acids is 2. The maximum absolute atomic E-state index is 13.0. The molecule has 0 radical (unpaired) electrons. The number of ether oxygens (including phenoxy) is 1. The number of Topliss-reactive ketones (excluding diaryl/α,β-unsaturated/α-hetero) is 2. The van der Waals surface area contributed by atoms with Gasteiger partial charge in [0.25, 0.3) is 0 Å². The Morgan fingerprint density at radius 2 is 1.43 bits per heavy atom. The summed E-state index contributed by atoms with van der Waals surface area (Å²) in [5.74, 6) is -0.297. The maximum Gasteiger partial charge on any atom is 0.198 e. The summed E-state index contributed by atoms with van der Waals surface area (Å²) in [4.78, 5) is 30.8. The first-order valence-electron chi connectivity index (χ1n) is 11.1. The minimum Gasteiger partial charge on any atom is -0.379 e. The van der Waals surface area contributed by atoms with Crippen LogP contribution in [0.1, 0.15) is 53.8 Å². The Hall–Kier alpha value is -2.50. The first-order valence-corrected chi connectivity index (χ1v) is 11.1. The van der Waals surface area contributed by atoms with E-state index in [1.165, 1.54) is 11.4 Å². The Morgan fingerprint density at radius 3 is 1.97 bits per heavy atom. The van der Waals surface area contributed by atoms with Crippen LogP contribution in [-0.4, -0.2) is 60.8 Å². The largest absolute Gasteiger partial charge is 0.379 e. The van der Waals surface area contributed by atoms with Crippen LogP contribution in [0.3, 0.4) is 0 Å². The Balaban J connectivity index is 1.57. The monoisotopic (exact) mass is 406 g/mol. The summed E-state index contributed by atoms with van der Waals surface area (Å²) in [5, 5.41) is 0. The van der Waals surface area contributed by atoms with E-state index in [-0.39, 0.29) is 11.6 Å². The number of fused-ring (bicyclic) bond motifs is 1. The molecule has 3 aliphatic rings. The van der Waals surface area contributed by atoms with Crippen LogP contribution < -0.4 is 0 Å². The SMILES string of the molecule is CCC1=CC(=C2C(=O)c3ccccc3C2=O)C=C(CC)N1CCCN1CCOCC1. The number of rotatable bonds is 6. The summed E-state index contributed by atoms with van der Waals surface area (Å²) in [6.45, 7) is 9.94. The van der Waals surface area contributed by atoms with Crippen LogP contribution in [0.15, 0.2) is 59.0 Å². The van der Waals surface area contributed by atoms with Gasteiger partial charge in [-0.15, -0.1) is 0 Å². The second-order valence-electron chi connectivity index (χ2n) is 7.97. The molecule has 0 atom stereocenters. The predicted molar refractivity (Wildman–Crippen MR) is 117 cm³/mol. The highest BCUT2D eigenvalue weighted by Gasteiger charge is 2.35. The molecule has 0 spiro atoms. The van der Waals surface area contributed by atoms with Crippen molar-refractivity contribution >= 4 is 11.6 Å². The molecule has 158 valence electrons. The van der Waals surface area contributed by atoms with Gasteiger partial charge in [-0.3, -0.25) is 14.5 Å². The molecule has 0 aromatic heterocycles. The van der Waals surface area contributed by atoms with Gasteiger partial charge in [0.05, 0.1) is 18.8 Å². The van der Waals surface area contributed by atoms with Gasteiger partial charge in [-0.05, 0) is 37.0 Å². The quantitative estimate of drug-likeness (QED) is 0.528. The number of morpholine rings is 1. The van der Waals surface area contributed by atoms with Gasteiger partial charge in [0.15, 0.2) is 11.6 Å². The van der Waals surface area contributed by atoms with E-state index in [1.807, 2.05) is 24.3 Å². The lowest BCUT2D eigenvalue weighted by atomic mass is 9.96. The first kappa shape index (κ1) is 20.8. The molecule has 0 amide bonds. The molecule has 1 fully saturated rings. The van der Waals surface area contributed by atoms with Crippen LogP contribution in [0.5, 0.6) is 0 Å². The molecule has 0 unspecified atom stereocenters. The van der Waals surface area contributed by atoms with E-state index in [4.69, 9.17) is 4.74 Å². The van der Waals surface area contributed by atoms with Crippen LogP contribution in [0.4, 0.5) is 0 Å². The molecule has 4 rings (SSSR count). The third kappa shape index (κ3) is 3.92. The highest BCUT2D eigenvalue weighted by Crippen LogP contribution is 2.34. The summed E-state index contributed by atoms with van der Waals surface area (Å²) < 4.78 is 5.44. The topological polar surface area (TPSA) is 49.9 Å². The summed E-state index contributed by atoms with van der Waals surface area (Å²) in [6.07, 6.45) is 6.89. The Labute approximate surface area is 178 Å². The molecule has 1 aromatic carbocycles. The fourth-order valence-corrected chi connectivity index (χ4v) is 4.55. The van der Waals surface area contributed by atoms with Gasteiger partial charge in [0, 0.05) is 48.7 Å². The minimum absolute atomic E-state index is 0.148. The van der Waals surface area contributed by atoms with Crippen LogP contribution in [-0.2, 0) is 4.74 Å². The molecule has 2 heterocycles. The number of benzene rings is 1. The molecule has 2 aliphatic heterocycles. The number of allylic oxidation sites excluding steroid dienone is 6. The second-order valence-corrected chi connectivity index (χ2v) is 7.97. The van der Waals surface area contributed by atoms with E-state index in [0.29, 0.717) is 16.7 Å². The molecule has 30 heavy (non-hydrogen) atoms. The van der Waals surface area contributed by atoms with Crippen LogP contribution in [0, 0.1) is 0 Å². The van der Waals surface area contributed by atoms with Crippen molar-refractivity contribution in [2.24, 2.45) is 0 Å². The Kier molecular flexibility index (Phi) is 6.30. The Morgan fingerprint density at radius 1 is 0.867 bits per heavy atom. The minimum atomic E-state index is -0.148. The van der Waals surface area contributed by atoms with Gasteiger partial charge in [-0.25, -0.2) is 0 Å². The fourth-order valence-electron chi connectivity index (χ4n) is 4.55. The lowest BCUT2D eigenvalue weighted by Gasteiger charge is -2.34. The predicted octanol–water partition coefficient (Wildman–Crippen LogP) is 3.99. The van der Waals surface area contributed by atoms with Crippen LogP contribution in [0.2, 0.25) is 0 Å². The number of carbonyl (C=O) groups is 2. The first-order chi connectivity index (χ1) is 14.6. The highest BCUT2D eigenvalue weighted by molar-refractivity contribution is 6.40. The fraction of sp³-hybridized carbons (Fsp3) is 0.440. The third-order valence-corrected chi connectivity index (χ3v) is 6.18. The highest BCUT2D eigenvalue weighted by atomic mass is 16.5. The van der Waals surface area contributed by atoms with Crippen molar-refractivity contribution < 1.29 is 14.3 Å². The van der Waals surface area contributed by atoms with E-state index in [0.717, 1.165) is 64.2 Å². The van der Waals surface area contributed by atoms with Crippen molar-refractivity contribution in [2.45, 2.75) is 33.1 Å². The molecular weight excluding hydrogens is 376 g/mol. The standard InChI is InChI=1S/C25H30N2O3/c1-3-19-16-18(23-24(28)21-8-5-6-9-22(21)25(23)29)17-20(4-2)27(19)11-7-10-26-12-14-30-15-13-26/h5-6,8-9,16-17H,3-4,7,10-15H2,1-2H3. The van der Waals surface area contributed by atoms with E-state index in [1.54, 1.807) is 12.1 Å². The number of ketones is 2. The summed E-state index contributed by atoms with van der Waals surface area (Å²) >= 11 is 0. The summed E-state index contributed by atoms with van der Waals surface area (Å²) in [6, 6.07) is 7.13. The van der Waals surface area contributed by atoms with Crippen molar-refractivity contribution in [3.05, 3.63) is 70.1 Å². The third-order valence-electron chi connectivity index (χ3n) is 6.18. The van der Waals surface area contributed by atoms with Crippen molar-refractivity contribution in [1.29, 1.82) is 0 Å². The average Bonchev–Trinajstić information content (AvgIpc) is 3.04. The van der Waals surface area contributed by atoms with Crippen molar-refractivity contribution in [2.75, 3.05) is 39.4 Å². The van der Waals surface area contributed by atoms with Gasteiger partial charge in [0.1, 0.15) is 0 Å². The van der Waals surface area contributed by atoms with Crippen molar-refractivity contribution in [3.8, 4) is 0 Å².